The molecule has 0 radical (unpaired) electrons. The highest BCUT2D eigenvalue weighted by Crippen LogP contribution is 2.44. The van der Waals surface area contributed by atoms with Crippen molar-refractivity contribution >= 4 is 63.3 Å². The molecule has 6 heteroatoms. The predicted molar refractivity (Wildman–Crippen MR) is 363 cm³/mol. The van der Waals surface area contributed by atoms with Crippen molar-refractivity contribution < 1.29 is 0 Å². The van der Waals surface area contributed by atoms with Gasteiger partial charge in [-0.3, -0.25) is 0 Å². The van der Waals surface area contributed by atoms with Gasteiger partial charge in [-0.15, -0.1) is 22.7 Å². The SMILES string of the molecule is c1ccc(-c2cccc(-c3ccc(-c4nc(-c5cccc(-c6ccccc6)c5)c5sc6ccc(-c7ccc(-c8ccc(-c9cccc(-c%10nc(-c%11cccc(-c%12ccccc%12)c%11)c%11sc%12ccccc%12c%11n%10)c9)cc8)cc7)cc6c5n4)cc3)c2)cc1. The molecule has 0 aliphatic rings. The van der Waals surface area contributed by atoms with E-state index in [1.54, 1.807) is 22.7 Å². The van der Waals surface area contributed by atoms with E-state index < -0.39 is 0 Å². The van der Waals surface area contributed by atoms with E-state index in [-0.39, 0.29) is 0 Å². The van der Waals surface area contributed by atoms with Crippen LogP contribution in [0.4, 0.5) is 0 Å². The van der Waals surface area contributed by atoms with Crippen LogP contribution in [0.2, 0.25) is 0 Å². The van der Waals surface area contributed by atoms with Gasteiger partial charge in [-0.25, -0.2) is 19.9 Å². The Morgan fingerprint density at radius 3 is 0.942 bits per heavy atom. The molecule has 4 heterocycles. The molecule has 0 saturated heterocycles. The van der Waals surface area contributed by atoms with Gasteiger partial charge in [0.25, 0.3) is 0 Å². The van der Waals surface area contributed by atoms with Crippen molar-refractivity contribution in [1.29, 1.82) is 0 Å². The summed E-state index contributed by atoms with van der Waals surface area (Å²) in [4.78, 5) is 21.5. The van der Waals surface area contributed by atoms with Crippen molar-refractivity contribution in [2.45, 2.75) is 0 Å². The highest BCUT2D eigenvalue weighted by Gasteiger charge is 2.21. The number of nitrogens with zero attached hydrogens (tertiary/aromatic N) is 4. The Labute approximate surface area is 506 Å². The van der Waals surface area contributed by atoms with Crippen LogP contribution in [-0.4, -0.2) is 19.9 Å². The second-order valence-corrected chi connectivity index (χ2v) is 23.8. The number of thiophene rings is 2. The van der Waals surface area contributed by atoms with Crippen LogP contribution in [0.1, 0.15) is 0 Å². The van der Waals surface area contributed by atoms with Crippen LogP contribution >= 0.6 is 22.7 Å². The molecule has 16 aromatic rings. The van der Waals surface area contributed by atoms with Gasteiger partial charge in [-0.1, -0.05) is 261 Å². The van der Waals surface area contributed by atoms with Gasteiger partial charge in [0.2, 0.25) is 0 Å². The van der Waals surface area contributed by atoms with Crippen molar-refractivity contribution in [1.82, 2.24) is 19.9 Å². The number of benzene rings is 12. The lowest BCUT2D eigenvalue weighted by Crippen LogP contribution is -1.94. The smallest absolute Gasteiger partial charge is 0.160 e. The van der Waals surface area contributed by atoms with E-state index in [0.29, 0.717) is 11.6 Å². The third kappa shape index (κ3) is 9.63. The molecule has 16 rings (SSSR count). The van der Waals surface area contributed by atoms with E-state index >= 15 is 0 Å². The summed E-state index contributed by atoms with van der Waals surface area (Å²) < 4.78 is 4.54. The first-order chi connectivity index (χ1) is 42.6. The second-order valence-electron chi connectivity index (χ2n) is 21.7. The minimum absolute atomic E-state index is 0.699. The lowest BCUT2D eigenvalue weighted by atomic mass is 9.97. The molecule has 12 aromatic carbocycles. The lowest BCUT2D eigenvalue weighted by Gasteiger charge is -2.11. The molecule has 0 aliphatic heterocycles. The van der Waals surface area contributed by atoms with Gasteiger partial charge in [0.15, 0.2) is 11.6 Å². The molecular formula is C80H50N4S2. The molecular weight excluding hydrogens is 1080 g/mol. The Balaban J connectivity index is 0.706. The van der Waals surface area contributed by atoms with Crippen molar-refractivity contribution in [2.75, 3.05) is 0 Å². The van der Waals surface area contributed by atoms with E-state index in [1.807, 2.05) is 0 Å². The Kier molecular flexibility index (Phi) is 12.9. The molecule has 0 amide bonds. The first-order valence-corrected chi connectivity index (χ1v) is 30.5. The number of aromatic nitrogens is 4. The summed E-state index contributed by atoms with van der Waals surface area (Å²) >= 11 is 3.52. The number of rotatable bonds is 11. The van der Waals surface area contributed by atoms with Crippen LogP contribution in [0.15, 0.2) is 303 Å². The fraction of sp³-hybridized carbons (Fsp3) is 0. The highest BCUT2D eigenvalue weighted by molar-refractivity contribution is 7.26. The zero-order valence-electron chi connectivity index (χ0n) is 46.5. The number of hydrogen-bond donors (Lipinski definition) is 0. The fourth-order valence-corrected chi connectivity index (χ4v) is 14.2. The Bertz CT molecular complexity index is 5190. The summed E-state index contributed by atoms with van der Waals surface area (Å²) in [5, 5.41) is 2.26. The largest absolute Gasteiger partial charge is 0.226 e. The molecule has 0 bridgehead atoms. The molecule has 0 spiro atoms. The lowest BCUT2D eigenvalue weighted by molar-refractivity contribution is 1.24. The van der Waals surface area contributed by atoms with Crippen LogP contribution < -0.4 is 0 Å². The topological polar surface area (TPSA) is 51.6 Å². The van der Waals surface area contributed by atoms with E-state index in [9.17, 15) is 0 Å². The summed E-state index contributed by atoms with van der Waals surface area (Å²) in [5.74, 6) is 1.41. The third-order valence-corrected chi connectivity index (χ3v) is 18.7. The Hall–Kier alpha value is -10.8. The minimum atomic E-state index is 0.699. The average molecular weight is 1130 g/mol. The standard InChI is InChI=1S/C80H50N4S2/c1-4-16-51(17-5-1)60-22-12-23-61(46-60)57-40-42-59(43-41-57)79-81-74(67-28-14-25-63(48-67)53-20-8-3-9-21-53)78-76(84-79)70-50-65(44-45-72(70)86-78)58-38-34-55(35-39-58)54-32-36-56(37-33-54)64-26-15-29-68(49-64)80-82-73(77-75(83-80)69-30-10-11-31-71(69)85-77)66-27-13-24-62(47-66)52-18-6-2-7-19-52/h1-50H. The summed E-state index contributed by atoms with van der Waals surface area (Å²) in [6.07, 6.45) is 0. The molecule has 0 unspecified atom stereocenters. The van der Waals surface area contributed by atoms with Gasteiger partial charge in [-0.2, -0.15) is 0 Å². The summed E-state index contributed by atoms with van der Waals surface area (Å²) in [7, 11) is 0. The zero-order chi connectivity index (χ0) is 56.9. The van der Waals surface area contributed by atoms with Gasteiger partial charge >= 0.3 is 0 Å². The van der Waals surface area contributed by atoms with Crippen LogP contribution in [0, 0.1) is 0 Å². The number of fused-ring (bicyclic) bond motifs is 6. The zero-order valence-corrected chi connectivity index (χ0v) is 48.1. The molecule has 4 aromatic heterocycles. The van der Waals surface area contributed by atoms with Crippen LogP contribution in [0.3, 0.4) is 0 Å². The quantitative estimate of drug-likeness (QED) is 0.130. The van der Waals surface area contributed by atoms with Gasteiger partial charge in [-0.05, 0) is 120 Å². The monoisotopic (exact) mass is 1130 g/mol. The van der Waals surface area contributed by atoms with E-state index in [4.69, 9.17) is 19.9 Å². The molecule has 0 fully saturated rings. The minimum Gasteiger partial charge on any atom is -0.226 e. The Morgan fingerprint density at radius 2 is 0.477 bits per heavy atom. The van der Waals surface area contributed by atoms with Gasteiger partial charge < -0.3 is 0 Å². The van der Waals surface area contributed by atoms with E-state index in [1.165, 1.54) is 31.7 Å². The van der Waals surface area contributed by atoms with Crippen molar-refractivity contribution in [3.05, 3.63) is 303 Å². The third-order valence-electron chi connectivity index (χ3n) is 16.4. The van der Waals surface area contributed by atoms with Crippen molar-refractivity contribution in [3.8, 4) is 123 Å². The summed E-state index contributed by atoms with van der Waals surface area (Å²) in [6.45, 7) is 0. The maximum Gasteiger partial charge on any atom is 0.160 e. The molecule has 4 nitrogen and oxygen atoms in total. The highest BCUT2D eigenvalue weighted by atomic mass is 32.1. The molecule has 0 atom stereocenters. The molecule has 86 heavy (non-hydrogen) atoms. The maximum absolute atomic E-state index is 5.43. The predicted octanol–water partition coefficient (Wildman–Crippen LogP) is 22.3. The second kappa shape index (κ2) is 21.8. The van der Waals surface area contributed by atoms with E-state index in [2.05, 4.69) is 303 Å². The first kappa shape index (κ1) is 50.9. The number of hydrogen-bond acceptors (Lipinski definition) is 6. The normalized spacial score (nSPS) is 11.5. The van der Waals surface area contributed by atoms with Crippen molar-refractivity contribution in [2.24, 2.45) is 0 Å². The van der Waals surface area contributed by atoms with Crippen LogP contribution in [0.5, 0.6) is 0 Å². The summed E-state index contributed by atoms with van der Waals surface area (Å²) in [5.41, 5.74) is 24.1. The van der Waals surface area contributed by atoms with Gasteiger partial charge in [0.1, 0.15) is 0 Å². The molecule has 402 valence electrons. The molecule has 0 aliphatic carbocycles. The average Bonchev–Trinajstić information content (AvgIpc) is 1.85. The van der Waals surface area contributed by atoms with Crippen LogP contribution in [0.25, 0.3) is 164 Å². The van der Waals surface area contributed by atoms with Crippen molar-refractivity contribution in [3.63, 3.8) is 0 Å². The Morgan fingerprint density at radius 1 is 0.186 bits per heavy atom. The van der Waals surface area contributed by atoms with Gasteiger partial charge in [0, 0.05) is 42.4 Å². The van der Waals surface area contributed by atoms with Gasteiger partial charge in [0.05, 0.1) is 31.8 Å². The molecule has 0 saturated carbocycles. The van der Waals surface area contributed by atoms with E-state index in [0.717, 1.165) is 120 Å². The maximum atomic E-state index is 5.43. The fourth-order valence-electron chi connectivity index (χ4n) is 11.9. The molecule has 0 N–H and O–H groups in total. The summed E-state index contributed by atoms with van der Waals surface area (Å²) in [6, 6.07) is 108. The van der Waals surface area contributed by atoms with Crippen LogP contribution in [-0.2, 0) is 0 Å². The first-order valence-electron chi connectivity index (χ1n) is 28.9.